The second kappa shape index (κ2) is 9.27. The fourth-order valence-corrected chi connectivity index (χ4v) is 3.27. The predicted molar refractivity (Wildman–Crippen MR) is 121 cm³/mol. The highest BCUT2D eigenvalue weighted by Gasteiger charge is 2.27. The highest BCUT2D eigenvalue weighted by Crippen LogP contribution is 2.30. The number of benzene rings is 2. The number of nitrogens with zero attached hydrogens (tertiary/aromatic N) is 1. The van der Waals surface area contributed by atoms with Gasteiger partial charge in [-0.2, -0.15) is 0 Å². The molecule has 1 aromatic heterocycles. The first-order valence-corrected chi connectivity index (χ1v) is 9.99. The molecule has 0 unspecified atom stereocenters. The van der Waals surface area contributed by atoms with E-state index in [1.165, 1.54) is 22.5 Å². The van der Waals surface area contributed by atoms with Crippen molar-refractivity contribution in [2.24, 2.45) is 0 Å². The molecule has 3 aromatic rings. The van der Waals surface area contributed by atoms with Gasteiger partial charge in [0.05, 0.1) is 19.9 Å². The molecule has 3 rings (SSSR count). The van der Waals surface area contributed by atoms with E-state index < -0.39 is 0 Å². The Morgan fingerprint density at radius 2 is 1.25 bits per heavy atom. The molecule has 1 heterocycles. The summed E-state index contributed by atoms with van der Waals surface area (Å²) in [5.41, 5.74) is 5.28. The number of rotatable bonds is 3. The molecule has 0 bridgehead atoms. The molecule has 2 aromatic carbocycles. The Bertz CT molecular complexity index is 756. The van der Waals surface area contributed by atoms with Gasteiger partial charge < -0.3 is 4.98 Å². The van der Waals surface area contributed by atoms with E-state index in [0.717, 1.165) is 0 Å². The molecular weight excluding hydrogens is 339 g/mol. The Kier molecular flexibility index (Phi) is 7.29. The van der Waals surface area contributed by atoms with Crippen LogP contribution in [0.4, 0.5) is 0 Å². The van der Waals surface area contributed by atoms with Gasteiger partial charge in [-0.15, -0.1) is 0 Å². The lowest BCUT2D eigenvalue weighted by atomic mass is 9.81. The van der Waals surface area contributed by atoms with Crippen LogP contribution in [0.1, 0.15) is 70.0 Å². The van der Waals surface area contributed by atoms with Gasteiger partial charge >= 0.3 is 0 Å². The maximum atomic E-state index is 5.84. The Labute approximate surface area is 172 Å². The molecule has 28 heavy (non-hydrogen) atoms. The molecule has 0 aliphatic rings. The van der Waals surface area contributed by atoms with Crippen LogP contribution in [0.15, 0.2) is 67.0 Å². The third-order valence-corrected chi connectivity index (χ3v) is 4.74. The number of nitrogens with one attached hydrogen (secondary N) is 1. The van der Waals surface area contributed by atoms with Crippen LogP contribution < -0.4 is 0 Å². The molecule has 146 valence electrons. The van der Waals surface area contributed by atoms with Gasteiger partial charge in [0.15, 0.2) is 0 Å². The lowest BCUT2D eigenvalue weighted by Crippen LogP contribution is -2.21. The zero-order valence-electron chi connectivity index (χ0n) is 18.2. The number of hydrogen-bond acceptors (Lipinski definition) is 1. The van der Waals surface area contributed by atoms with Crippen molar-refractivity contribution >= 4 is 7.85 Å². The quantitative estimate of drug-likeness (QED) is 0.529. The standard InChI is InChI=1S/C14H13B.C11H20N2/c15-11-14(12-7-3-1-4-8-12)13-9-5-2-6-10-13;1-10(2,3)8-9(11(4,5)6)13-7-12-8/h1-10,14H,11H2;7H,1-6H3,(H,12,13). The number of aromatic nitrogens is 2. The lowest BCUT2D eigenvalue weighted by Gasteiger charge is -2.24. The van der Waals surface area contributed by atoms with Gasteiger partial charge in [-0.1, -0.05) is 109 Å². The summed E-state index contributed by atoms with van der Waals surface area (Å²) >= 11 is 0. The fourth-order valence-electron chi connectivity index (χ4n) is 3.27. The Hall–Kier alpha value is -2.29. The fraction of sp³-hybridized carbons (Fsp3) is 0.400. The minimum Gasteiger partial charge on any atom is -0.348 e. The number of H-pyrrole nitrogens is 1. The molecule has 0 saturated carbocycles. The summed E-state index contributed by atoms with van der Waals surface area (Å²) in [5.74, 6) is 0.312. The molecule has 3 heteroatoms. The van der Waals surface area contributed by atoms with Crippen LogP contribution in [0.25, 0.3) is 0 Å². The van der Waals surface area contributed by atoms with Gasteiger partial charge in [0.2, 0.25) is 0 Å². The number of imidazole rings is 1. The molecule has 0 aliphatic heterocycles. The van der Waals surface area contributed by atoms with E-state index in [1.54, 1.807) is 6.33 Å². The molecule has 0 spiro atoms. The smallest absolute Gasteiger partial charge is 0.0925 e. The Morgan fingerprint density at radius 1 is 0.786 bits per heavy atom. The number of hydrogen-bond donors (Lipinski definition) is 1. The van der Waals surface area contributed by atoms with E-state index in [9.17, 15) is 0 Å². The van der Waals surface area contributed by atoms with Crippen LogP contribution in [0.2, 0.25) is 6.32 Å². The minimum absolute atomic E-state index is 0.128. The van der Waals surface area contributed by atoms with Crippen molar-refractivity contribution in [2.75, 3.05) is 0 Å². The van der Waals surface area contributed by atoms with Crippen LogP contribution >= 0.6 is 0 Å². The molecule has 2 radical (unpaired) electrons. The summed E-state index contributed by atoms with van der Waals surface area (Å²) in [5, 5.41) is 0. The first kappa shape index (κ1) is 22.0. The van der Waals surface area contributed by atoms with Crippen molar-refractivity contribution in [3.63, 3.8) is 0 Å². The maximum Gasteiger partial charge on any atom is 0.0925 e. The number of aromatic amines is 1. The van der Waals surface area contributed by atoms with Crippen molar-refractivity contribution in [3.05, 3.63) is 89.5 Å². The average molecular weight is 372 g/mol. The first-order chi connectivity index (χ1) is 13.1. The van der Waals surface area contributed by atoms with Gasteiger partial charge in [0, 0.05) is 22.4 Å². The average Bonchev–Trinajstić information content (AvgIpc) is 3.16. The lowest BCUT2D eigenvalue weighted by molar-refractivity contribution is 0.512. The van der Waals surface area contributed by atoms with Gasteiger partial charge in [-0.3, -0.25) is 0 Å². The summed E-state index contributed by atoms with van der Waals surface area (Å²) in [4.78, 5) is 7.64. The second-order valence-electron chi connectivity index (χ2n) is 9.24. The summed E-state index contributed by atoms with van der Waals surface area (Å²) in [6.45, 7) is 13.2. The molecule has 0 aliphatic carbocycles. The van der Waals surface area contributed by atoms with Crippen molar-refractivity contribution in [1.29, 1.82) is 0 Å². The Balaban J connectivity index is 0.000000203. The molecule has 0 atom stereocenters. The summed E-state index contributed by atoms with van der Waals surface area (Å²) in [7, 11) is 5.84. The van der Waals surface area contributed by atoms with E-state index in [4.69, 9.17) is 7.85 Å². The van der Waals surface area contributed by atoms with Crippen LogP contribution in [0, 0.1) is 0 Å². The second-order valence-corrected chi connectivity index (χ2v) is 9.24. The molecule has 2 nitrogen and oxygen atoms in total. The van der Waals surface area contributed by atoms with Gasteiger partial charge in [-0.05, 0) is 11.1 Å². The van der Waals surface area contributed by atoms with Gasteiger partial charge in [-0.25, -0.2) is 4.98 Å². The van der Waals surface area contributed by atoms with Crippen LogP contribution in [-0.4, -0.2) is 17.8 Å². The highest BCUT2D eigenvalue weighted by molar-refractivity contribution is 6.09. The molecule has 1 N–H and O–H groups in total. The third-order valence-electron chi connectivity index (χ3n) is 4.74. The van der Waals surface area contributed by atoms with Crippen molar-refractivity contribution in [1.82, 2.24) is 9.97 Å². The summed E-state index contributed by atoms with van der Waals surface area (Å²) in [6.07, 6.45) is 2.44. The monoisotopic (exact) mass is 372 g/mol. The largest absolute Gasteiger partial charge is 0.348 e. The molecular formula is C25H33BN2. The van der Waals surface area contributed by atoms with Crippen molar-refractivity contribution in [2.45, 2.75) is 64.6 Å². The zero-order valence-corrected chi connectivity index (χ0v) is 18.2. The van der Waals surface area contributed by atoms with E-state index in [0.29, 0.717) is 12.2 Å². The summed E-state index contributed by atoms with van der Waals surface area (Å²) < 4.78 is 0. The van der Waals surface area contributed by atoms with Crippen LogP contribution in [-0.2, 0) is 10.8 Å². The van der Waals surface area contributed by atoms with E-state index >= 15 is 0 Å². The first-order valence-electron chi connectivity index (χ1n) is 9.99. The maximum absolute atomic E-state index is 5.84. The van der Waals surface area contributed by atoms with Crippen LogP contribution in [0.3, 0.4) is 0 Å². The molecule has 0 saturated heterocycles. The van der Waals surface area contributed by atoms with E-state index in [-0.39, 0.29) is 10.8 Å². The molecule has 0 amide bonds. The van der Waals surface area contributed by atoms with Crippen molar-refractivity contribution < 1.29 is 0 Å². The molecule has 0 fully saturated rings. The van der Waals surface area contributed by atoms with E-state index in [1.807, 2.05) is 12.1 Å². The summed E-state index contributed by atoms with van der Waals surface area (Å²) in [6, 6.07) is 20.8. The zero-order chi connectivity index (χ0) is 20.8. The van der Waals surface area contributed by atoms with Gasteiger partial charge in [0.25, 0.3) is 0 Å². The van der Waals surface area contributed by atoms with E-state index in [2.05, 4.69) is 100 Å². The third kappa shape index (κ3) is 5.86. The minimum atomic E-state index is 0.128. The topological polar surface area (TPSA) is 28.7 Å². The van der Waals surface area contributed by atoms with Gasteiger partial charge in [0.1, 0.15) is 0 Å². The highest BCUT2D eigenvalue weighted by atomic mass is 14.9. The predicted octanol–water partition coefficient (Wildman–Crippen LogP) is 6.41. The van der Waals surface area contributed by atoms with Crippen LogP contribution in [0.5, 0.6) is 0 Å². The SMILES string of the molecule is CC(C)(C)c1nc[nH]c1C(C)(C)C.[B]CC(c1ccccc1)c1ccccc1. The normalized spacial score (nSPS) is 11.8. The van der Waals surface area contributed by atoms with Crippen molar-refractivity contribution in [3.8, 4) is 0 Å². The Morgan fingerprint density at radius 3 is 1.57 bits per heavy atom.